The number of hydrogen-bond acceptors (Lipinski definition) is 4. The monoisotopic (exact) mass is 331 g/mol. The highest BCUT2D eigenvalue weighted by molar-refractivity contribution is 7.91. The normalized spacial score (nSPS) is 21.6. The van der Waals surface area contributed by atoms with Crippen LogP contribution >= 0.6 is 0 Å². The topological polar surface area (TPSA) is 80.3 Å². The second kappa shape index (κ2) is 5.70. The van der Waals surface area contributed by atoms with Crippen LogP contribution in [0.2, 0.25) is 0 Å². The first kappa shape index (κ1) is 16.5. The van der Waals surface area contributed by atoms with Crippen molar-refractivity contribution in [2.24, 2.45) is 5.92 Å². The van der Waals surface area contributed by atoms with Crippen LogP contribution < -0.4 is 4.72 Å². The Hall–Kier alpha value is -0.920. The van der Waals surface area contributed by atoms with Gasteiger partial charge in [-0.25, -0.2) is 21.6 Å². The molecule has 118 valence electrons. The maximum atomic E-state index is 12.4. The lowest BCUT2D eigenvalue weighted by Crippen LogP contribution is -2.31. The molecule has 1 saturated heterocycles. The predicted molar refractivity (Wildman–Crippen MR) is 82.6 cm³/mol. The van der Waals surface area contributed by atoms with E-state index in [0.717, 1.165) is 5.56 Å². The van der Waals surface area contributed by atoms with Crippen molar-refractivity contribution >= 4 is 19.9 Å². The molecule has 1 aliphatic rings. The number of sulfonamides is 1. The van der Waals surface area contributed by atoms with Crippen molar-refractivity contribution in [1.82, 2.24) is 4.72 Å². The van der Waals surface area contributed by atoms with Gasteiger partial charge < -0.3 is 0 Å². The van der Waals surface area contributed by atoms with Gasteiger partial charge in [0.25, 0.3) is 0 Å². The van der Waals surface area contributed by atoms with Crippen LogP contribution in [-0.4, -0.2) is 34.9 Å². The van der Waals surface area contributed by atoms with Crippen molar-refractivity contribution in [3.8, 4) is 0 Å². The lowest BCUT2D eigenvalue weighted by molar-refractivity contribution is 0.542. The molecule has 1 aliphatic heterocycles. The molecule has 1 aromatic rings. The Labute approximate surface area is 126 Å². The molecule has 1 N–H and O–H groups in total. The highest BCUT2D eigenvalue weighted by Crippen LogP contribution is 2.23. The second-order valence-corrected chi connectivity index (χ2v) is 9.78. The van der Waals surface area contributed by atoms with Gasteiger partial charge in [-0.05, 0) is 44.2 Å². The highest BCUT2D eigenvalue weighted by atomic mass is 32.2. The third kappa shape index (κ3) is 3.84. The minimum Gasteiger partial charge on any atom is -0.229 e. The van der Waals surface area contributed by atoms with Crippen molar-refractivity contribution in [1.29, 1.82) is 0 Å². The summed E-state index contributed by atoms with van der Waals surface area (Å²) in [6, 6.07) is 3.67. The molecule has 1 fully saturated rings. The summed E-state index contributed by atoms with van der Waals surface area (Å²) in [5, 5.41) is 0. The van der Waals surface area contributed by atoms with Crippen LogP contribution in [0, 0.1) is 26.7 Å². The molecule has 0 aliphatic carbocycles. The fourth-order valence-electron chi connectivity index (χ4n) is 2.92. The zero-order valence-electron chi connectivity index (χ0n) is 12.5. The van der Waals surface area contributed by atoms with Crippen LogP contribution in [-0.2, 0) is 19.9 Å². The Kier molecular flexibility index (Phi) is 4.46. The number of benzene rings is 1. The maximum Gasteiger partial charge on any atom is 0.241 e. The molecule has 0 bridgehead atoms. The van der Waals surface area contributed by atoms with Crippen molar-refractivity contribution < 1.29 is 16.8 Å². The van der Waals surface area contributed by atoms with Gasteiger partial charge in [0.2, 0.25) is 10.0 Å². The van der Waals surface area contributed by atoms with Crippen LogP contribution in [0.3, 0.4) is 0 Å². The second-order valence-electron chi connectivity index (χ2n) is 5.85. The molecule has 1 atom stereocenters. The van der Waals surface area contributed by atoms with Gasteiger partial charge in [-0.3, -0.25) is 0 Å². The minimum atomic E-state index is -3.61. The summed E-state index contributed by atoms with van der Waals surface area (Å²) in [7, 11) is -6.59. The molecule has 1 heterocycles. The summed E-state index contributed by atoms with van der Waals surface area (Å²) in [5.41, 5.74) is 2.43. The first-order valence-corrected chi connectivity index (χ1v) is 10.2. The molecule has 1 unspecified atom stereocenters. The summed E-state index contributed by atoms with van der Waals surface area (Å²) in [5.74, 6) is 0.0967. The third-order valence-corrected chi connectivity index (χ3v) is 7.33. The van der Waals surface area contributed by atoms with Crippen molar-refractivity contribution in [3.63, 3.8) is 0 Å². The standard InChI is InChI=1S/C14H21NO4S2/c1-10-6-11(2)14(12(3)7-10)21(18,19)15-8-13-4-5-20(16,17)9-13/h6-7,13,15H,4-5,8-9H2,1-3H3. The van der Waals surface area contributed by atoms with Crippen LogP contribution in [0.25, 0.3) is 0 Å². The molecular formula is C14H21NO4S2. The van der Waals surface area contributed by atoms with Crippen molar-refractivity contribution in [3.05, 3.63) is 28.8 Å². The Morgan fingerprint density at radius 1 is 1.19 bits per heavy atom. The van der Waals surface area contributed by atoms with Gasteiger partial charge in [-0.15, -0.1) is 0 Å². The molecule has 0 saturated carbocycles. The molecule has 5 nitrogen and oxygen atoms in total. The van der Waals surface area contributed by atoms with Gasteiger partial charge in [0.1, 0.15) is 0 Å². The van der Waals surface area contributed by atoms with E-state index in [-0.39, 0.29) is 24.0 Å². The molecule has 1 aromatic carbocycles. The summed E-state index contributed by atoms with van der Waals surface area (Å²) < 4.78 is 50.3. The van der Waals surface area contributed by atoms with E-state index in [9.17, 15) is 16.8 Å². The van der Waals surface area contributed by atoms with Crippen LogP contribution in [0.15, 0.2) is 17.0 Å². The number of hydrogen-bond donors (Lipinski definition) is 1. The fraction of sp³-hybridized carbons (Fsp3) is 0.571. The molecule has 0 spiro atoms. The highest BCUT2D eigenvalue weighted by Gasteiger charge is 2.29. The average molecular weight is 331 g/mol. The van der Waals surface area contributed by atoms with Gasteiger partial charge in [0, 0.05) is 6.54 Å². The van der Waals surface area contributed by atoms with Gasteiger partial charge in [0.15, 0.2) is 9.84 Å². The van der Waals surface area contributed by atoms with E-state index in [0.29, 0.717) is 22.4 Å². The zero-order chi connectivity index (χ0) is 15.8. The first-order chi connectivity index (χ1) is 9.61. The molecular weight excluding hydrogens is 310 g/mol. The zero-order valence-corrected chi connectivity index (χ0v) is 14.1. The largest absolute Gasteiger partial charge is 0.241 e. The van der Waals surface area contributed by atoms with Crippen LogP contribution in [0.4, 0.5) is 0 Å². The molecule has 0 radical (unpaired) electrons. The molecule has 0 aromatic heterocycles. The lowest BCUT2D eigenvalue weighted by atomic mass is 10.1. The SMILES string of the molecule is Cc1cc(C)c(S(=O)(=O)NCC2CCS(=O)(=O)C2)c(C)c1. The number of aryl methyl sites for hydroxylation is 3. The Morgan fingerprint density at radius 3 is 2.24 bits per heavy atom. The Bertz CT molecular complexity index is 728. The number of nitrogens with one attached hydrogen (secondary N) is 1. The van der Waals surface area contributed by atoms with Crippen molar-refractivity contribution in [2.75, 3.05) is 18.1 Å². The smallest absolute Gasteiger partial charge is 0.229 e. The number of rotatable bonds is 4. The van der Waals surface area contributed by atoms with E-state index in [1.807, 2.05) is 19.1 Å². The van der Waals surface area contributed by atoms with E-state index in [2.05, 4.69) is 4.72 Å². The van der Waals surface area contributed by atoms with Gasteiger partial charge in [0.05, 0.1) is 16.4 Å². The van der Waals surface area contributed by atoms with E-state index >= 15 is 0 Å². The van der Waals surface area contributed by atoms with Crippen LogP contribution in [0.5, 0.6) is 0 Å². The summed E-state index contributed by atoms with van der Waals surface area (Å²) in [4.78, 5) is 0.300. The van der Waals surface area contributed by atoms with E-state index < -0.39 is 19.9 Å². The number of sulfone groups is 1. The predicted octanol–water partition coefficient (Wildman–Crippen LogP) is 1.32. The van der Waals surface area contributed by atoms with E-state index in [1.54, 1.807) is 13.8 Å². The van der Waals surface area contributed by atoms with Crippen LogP contribution in [0.1, 0.15) is 23.1 Å². The lowest BCUT2D eigenvalue weighted by Gasteiger charge is -2.15. The van der Waals surface area contributed by atoms with Gasteiger partial charge in [-0.2, -0.15) is 0 Å². The molecule has 7 heteroatoms. The molecule has 21 heavy (non-hydrogen) atoms. The Morgan fingerprint density at radius 2 is 1.76 bits per heavy atom. The van der Waals surface area contributed by atoms with E-state index in [4.69, 9.17) is 0 Å². The first-order valence-electron chi connectivity index (χ1n) is 6.89. The quantitative estimate of drug-likeness (QED) is 0.902. The minimum absolute atomic E-state index is 0.0708. The Balaban J connectivity index is 2.17. The summed E-state index contributed by atoms with van der Waals surface area (Å²) in [6.45, 7) is 5.64. The summed E-state index contributed by atoms with van der Waals surface area (Å²) >= 11 is 0. The molecule has 2 rings (SSSR count). The third-order valence-electron chi connectivity index (χ3n) is 3.76. The van der Waals surface area contributed by atoms with Gasteiger partial charge >= 0.3 is 0 Å². The average Bonchev–Trinajstić information content (AvgIpc) is 2.65. The summed E-state index contributed by atoms with van der Waals surface area (Å²) in [6.07, 6.45) is 0.525. The van der Waals surface area contributed by atoms with Gasteiger partial charge in [-0.1, -0.05) is 17.7 Å². The molecule has 0 amide bonds. The van der Waals surface area contributed by atoms with Crippen molar-refractivity contribution in [2.45, 2.75) is 32.1 Å². The fourth-order valence-corrected chi connectivity index (χ4v) is 6.35. The van der Waals surface area contributed by atoms with E-state index in [1.165, 1.54) is 0 Å². The maximum absolute atomic E-state index is 12.4.